The summed E-state index contributed by atoms with van der Waals surface area (Å²) >= 11 is 5.85. The van der Waals surface area contributed by atoms with Crippen LogP contribution in [0.5, 0.6) is 11.5 Å². The van der Waals surface area contributed by atoms with Crippen molar-refractivity contribution in [1.29, 1.82) is 0 Å². The molecule has 27 heavy (non-hydrogen) atoms. The minimum absolute atomic E-state index is 0.0557. The number of halogens is 1. The summed E-state index contributed by atoms with van der Waals surface area (Å²) in [7, 11) is 0. The third kappa shape index (κ3) is 6.11. The van der Waals surface area contributed by atoms with Crippen LogP contribution >= 0.6 is 11.6 Å². The highest BCUT2D eigenvalue weighted by Crippen LogP contribution is 2.33. The molecule has 0 saturated heterocycles. The molecule has 2 aromatic carbocycles. The lowest BCUT2D eigenvalue weighted by Crippen LogP contribution is -2.21. The molecule has 2 aromatic rings. The molecule has 2 atom stereocenters. The maximum absolute atomic E-state index is 9.35. The Morgan fingerprint density at radius 2 is 1.26 bits per heavy atom. The first kappa shape index (κ1) is 21.5. The molecule has 0 heterocycles. The van der Waals surface area contributed by atoms with Crippen molar-refractivity contribution in [2.24, 2.45) is 0 Å². The Hall–Kier alpha value is -1.79. The number of aliphatic hydroxyl groups excluding tert-OH is 3. The molecule has 0 radical (unpaired) electrons. The molecular formula is C21H27ClO5. The van der Waals surface area contributed by atoms with Crippen LogP contribution in [0.25, 0.3) is 0 Å². The zero-order valence-corrected chi connectivity index (χ0v) is 16.4. The first-order valence-electron chi connectivity index (χ1n) is 8.87. The van der Waals surface area contributed by atoms with Crippen LogP contribution in [-0.4, -0.2) is 53.2 Å². The molecule has 0 aliphatic heterocycles. The second-order valence-electron chi connectivity index (χ2n) is 6.91. The van der Waals surface area contributed by atoms with Gasteiger partial charge in [0.2, 0.25) is 0 Å². The normalized spacial score (nSPS) is 13.9. The van der Waals surface area contributed by atoms with E-state index in [1.807, 2.05) is 48.5 Å². The molecule has 0 unspecified atom stereocenters. The van der Waals surface area contributed by atoms with Crippen LogP contribution in [0.2, 0.25) is 0 Å². The quantitative estimate of drug-likeness (QED) is 0.540. The van der Waals surface area contributed by atoms with Gasteiger partial charge in [0, 0.05) is 5.41 Å². The molecule has 6 heteroatoms. The maximum atomic E-state index is 9.35. The number of benzene rings is 2. The number of hydrogen-bond donors (Lipinski definition) is 3. The number of alkyl halides is 1. The van der Waals surface area contributed by atoms with Gasteiger partial charge in [-0.05, 0) is 35.4 Å². The minimum atomic E-state index is -0.881. The van der Waals surface area contributed by atoms with Crippen LogP contribution < -0.4 is 9.47 Å². The van der Waals surface area contributed by atoms with E-state index in [1.165, 1.54) is 0 Å². The van der Waals surface area contributed by atoms with Gasteiger partial charge in [0.05, 0.1) is 18.6 Å². The van der Waals surface area contributed by atoms with Crippen molar-refractivity contribution in [2.45, 2.75) is 30.7 Å². The predicted octanol–water partition coefficient (Wildman–Crippen LogP) is 2.72. The van der Waals surface area contributed by atoms with E-state index in [2.05, 4.69) is 13.8 Å². The molecule has 0 spiro atoms. The Morgan fingerprint density at radius 1 is 0.815 bits per heavy atom. The highest BCUT2D eigenvalue weighted by Gasteiger charge is 2.23. The van der Waals surface area contributed by atoms with Crippen LogP contribution in [0.3, 0.4) is 0 Å². The van der Waals surface area contributed by atoms with Gasteiger partial charge < -0.3 is 24.8 Å². The van der Waals surface area contributed by atoms with Gasteiger partial charge in [-0.25, -0.2) is 0 Å². The lowest BCUT2D eigenvalue weighted by atomic mass is 9.78. The van der Waals surface area contributed by atoms with E-state index in [0.29, 0.717) is 11.5 Å². The third-order valence-electron chi connectivity index (χ3n) is 4.43. The fourth-order valence-electron chi connectivity index (χ4n) is 2.59. The molecule has 0 aromatic heterocycles. The topological polar surface area (TPSA) is 79.2 Å². The third-order valence-corrected chi connectivity index (χ3v) is 4.70. The van der Waals surface area contributed by atoms with E-state index in [-0.39, 0.29) is 31.8 Å². The summed E-state index contributed by atoms with van der Waals surface area (Å²) < 4.78 is 11.0. The molecule has 3 N–H and O–H groups in total. The Kier molecular flexibility index (Phi) is 7.92. The van der Waals surface area contributed by atoms with Crippen LogP contribution in [-0.2, 0) is 5.41 Å². The zero-order valence-electron chi connectivity index (χ0n) is 15.6. The Bertz CT molecular complexity index is 625. The SMILES string of the molecule is CC(C)(c1ccc(OC[C@H](O)CO)cc1)c1ccc(OC[C@@H](Cl)CO)cc1. The summed E-state index contributed by atoms with van der Waals surface area (Å²) in [6.07, 6.45) is -0.881. The van der Waals surface area contributed by atoms with Gasteiger partial charge in [0.15, 0.2) is 0 Å². The van der Waals surface area contributed by atoms with E-state index in [9.17, 15) is 5.11 Å². The average molecular weight is 395 g/mol. The molecular weight excluding hydrogens is 368 g/mol. The first-order chi connectivity index (χ1) is 12.9. The standard InChI is InChI=1S/C21H27ClO5/c1-21(2,15-3-7-19(8-4-15)26-13-17(22)11-23)16-5-9-20(10-6-16)27-14-18(25)12-24/h3-10,17-18,23-25H,11-14H2,1-2H3/t17-,18+/m0/s1. The Labute approximate surface area is 165 Å². The van der Waals surface area contributed by atoms with Crippen molar-refractivity contribution in [2.75, 3.05) is 26.4 Å². The predicted molar refractivity (Wildman–Crippen MR) is 106 cm³/mol. The van der Waals surface area contributed by atoms with E-state index < -0.39 is 11.5 Å². The van der Waals surface area contributed by atoms with E-state index in [4.69, 9.17) is 31.3 Å². The summed E-state index contributed by atoms with van der Waals surface area (Å²) in [6.45, 7) is 4.14. The summed E-state index contributed by atoms with van der Waals surface area (Å²) in [5.41, 5.74) is 2.03. The van der Waals surface area contributed by atoms with E-state index >= 15 is 0 Å². The van der Waals surface area contributed by atoms with Crippen LogP contribution in [0.15, 0.2) is 48.5 Å². The number of aliphatic hydroxyl groups is 3. The van der Waals surface area contributed by atoms with Gasteiger partial charge in [-0.15, -0.1) is 11.6 Å². The first-order valence-corrected chi connectivity index (χ1v) is 9.31. The van der Waals surface area contributed by atoms with Gasteiger partial charge in [-0.1, -0.05) is 38.1 Å². The van der Waals surface area contributed by atoms with Crippen molar-refractivity contribution < 1.29 is 24.8 Å². The summed E-state index contributed by atoms with van der Waals surface area (Å²) in [5, 5.41) is 26.7. The number of hydrogen-bond acceptors (Lipinski definition) is 5. The Morgan fingerprint density at radius 3 is 1.67 bits per heavy atom. The average Bonchev–Trinajstić information content (AvgIpc) is 2.70. The molecule has 0 aliphatic rings. The van der Waals surface area contributed by atoms with Crippen molar-refractivity contribution >= 4 is 11.6 Å². The highest BCUT2D eigenvalue weighted by molar-refractivity contribution is 6.20. The largest absolute Gasteiger partial charge is 0.492 e. The molecule has 2 rings (SSSR count). The van der Waals surface area contributed by atoms with Gasteiger partial charge in [-0.3, -0.25) is 0 Å². The maximum Gasteiger partial charge on any atom is 0.119 e. The van der Waals surface area contributed by atoms with E-state index in [1.54, 1.807) is 0 Å². The van der Waals surface area contributed by atoms with Gasteiger partial charge in [0.1, 0.15) is 30.8 Å². The van der Waals surface area contributed by atoms with Crippen LogP contribution in [0, 0.1) is 0 Å². The highest BCUT2D eigenvalue weighted by atomic mass is 35.5. The molecule has 0 aliphatic carbocycles. The van der Waals surface area contributed by atoms with Gasteiger partial charge >= 0.3 is 0 Å². The smallest absolute Gasteiger partial charge is 0.119 e. The summed E-state index contributed by atoms with van der Waals surface area (Å²) in [4.78, 5) is 0. The molecule has 0 amide bonds. The van der Waals surface area contributed by atoms with Crippen molar-refractivity contribution in [3.05, 3.63) is 59.7 Å². The number of ether oxygens (including phenoxy) is 2. The molecule has 0 saturated carbocycles. The van der Waals surface area contributed by atoms with Crippen molar-refractivity contribution in [1.82, 2.24) is 0 Å². The second kappa shape index (κ2) is 9.95. The lowest BCUT2D eigenvalue weighted by molar-refractivity contribution is 0.0536. The zero-order chi connectivity index (χ0) is 19.9. The summed E-state index contributed by atoms with van der Waals surface area (Å²) in [5.74, 6) is 1.35. The van der Waals surface area contributed by atoms with Gasteiger partial charge in [-0.2, -0.15) is 0 Å². The van der Waals surface area contributed by atoms with Crippen LogP contribution in [0.4, 0.5) is 0 Å². The molecule has 148 valence electrons. The minimum Gasteiger partial charge on any atom is -0.492 e. The monoisotopic (exact) mass is 394 g/mol. The number of rotatable bonds is 10. The molecule has 0 bridgehead atoms. The lowest BCUT2D eigenvalue weighted by Gasteiger charge is -2.26. The fraction of sp³-hybridized carbons (Fsp3) is 0.429. The fourth-order valence-corrected chi connectivity index (χ4v) is 2.65. The van der Waals surface area contributed by atoms with Crippen molar-refractivity contribution in [3.8, 4) is 11.5 Å². The second-order valence-corrected chi connectivity index (χ2v) is 7.53. The molecule has 0 fully saturated rings. The van der Waals surface area contributed by atoms with Gasteiger partial charge in [0.25, 0.3) is 0 Å². The van der Waals surface area contributed by atoms with Crippen molar-refractivity contribution in [3.63, 3.8) is 0 Å². The molecule has 5 nitrogen and oxygen atoms in total. The van der Waals surface area contributed by atoms with E-state index in [0.717, 1.165) is 11.1 Å². The summed E-state index contributed by atoms with van der Waals surface area (Å²) in [6, 6.07) is 15.5. The Balaban J connectivity index is 2.04. The van der Waals surface area contributed by atoms with Crippen LogP contribution in [0.1, 0.15) is 25.0 Å².